The van der Waals surface area contributed by atoms with Gasteiger partial charge in [0.15, 0.2) is 0 Å². The van der Waals surface area contributed by atoms with Crippen LogP contribution in [-0.2, 0) is 10.9 Å². The van der Waals surface area contributed by atoms with Gasteiger partial charge < -0.3 is 19.7 Å². The lowest BCUT2D eigenvalue weighted by Gasteiger charge is -2.37. The van der Waals surface area contributed by atoms with Crippen molar-refractivity contribution >= 4 is 6.09 Å². The Kier molecular flexibility index (Phi) is 6.47. The van der Waals surface area contributed by atoms with E-state index in [-0.39, 0.29) is 6.09 Å². The monoisotopic (exact) mass is 459 g/mol. The van der Waals surface area contributed by atoms with Crippen LogP contribution in [0.25, 0.3) is 0 Å². The Morgan fingerprint density at radius 1 is 1.18 bits per heavy atom. The van der Waals surface area contributed by atoms with Crippen LogP contribution in [0.4, 0.5) is 18.0 Å². The highest BCUT2D eigenvalue weighted by Gasteiger charge is 2.42. The first-order valence-corrected chi connectivity index (χ1v) is 10.8. The molecule has 2 aromatic carbocycles. The lowest BCUT2D eigenvalue weighted by Crippen LogP contribution is -2.47. The van der Waals surface area contributed by atoms with Crippen LogP contribution < -0.4 is 10.1 Å². The summed E-state index contributed by atoms with van der Waals surface area (Å²) in [7, 11) is 0. The number of hydrogen-bond acceptors (Lipinski definition) is 5. The standard InChI is InChI=1S/C24H24F3N3O3/c25-24(26,27)19-3-1-2-18(14-19)21(32-20-6-4-17(15-28)5-7-20)8-11-30-12-9-23(10-13-30)16-29-22(31)33-23/h1-7,14,21H,8-13,16H2,(H,29,31). The maximum absolute atomic E-state index is 13.3. The van der Waals surface area contributed by atoms with Gasteiger partial charge in [0.2, 0.25) is 0 Å². The van der Waals surface area contributed by atoms with Crippen molar-refractivity contribution in [2.75, 3.05) is 26.2 Å². The van der Waals surface area contributed by atoms with Gasteiger partial charge in [-0.05, 0) is 42.0 Å². The molecule has 2 aliphatic rings. The number of nitrogens with zero attached hydrogens (tertiary/aromatic N) is 2. The maximum Gasteiger partial charge on any atom is 0.416 e. The summed E-state index contributed by atoms with van der Waals surface area (Å²) in [6.45, 7) is 2.57. The molecular weight excluding hydrogens is 435 g/mol. The Labute approximate surface area is 189 Å². The molecule has 2 aliphatic heterocycles. The van der Waals surface area contributed by atoms with Gasteiger partial charge in [0.05, 0.1) is 23.7 Å². The molecule has 0 aliphatic carbocycles. The molecule has 1 spiro atoms. The first kappa shape index (κ1) is 22.9. The Morgan fingerprint density at radius 3 is 2.52 bits per heavy atom. The average molecular weight is 459 g/mol. The summed E-state index contributed by atoms with van der Waals surface area (Å²) in [6, 6.07) is 13.7. The molecule has 174 valence electrons. The number of nitrogens with one attached hydrogen (secondary N) is 1. The topological polar surface area (TPSA) is 74.6 Å². The van der Waals surface area contributed by atoms with E-state index in [2.05, 4.69) is 10.2 Å². The molecule has 0 aromatic heterocycles. The molecule has 6 nitrogen and oxygen atoms in total. The number of carbonyl (C=O) groups is 1. The van der Waals surface area contributed by atoms with Gasteiger partial charge in [0.1, 0.15) is 17.5 Å². The van der Waals surface area contributed by atoms with Gasteiger partial charge in [0, 0.05) is 38.9 Å². The fraction of sp³-hybridized carbons (Fsp3) is 0.417. The highest BCUT2D eigenvalue weighted by Crippen LogP contribution is 2.34. The number of alkyl carbamates (subject to hydrolysis) is 1. The van der Waals surface area contributed by atoms with E-state index in [1.807, 2.05) is 6.07 Å². The Hall–Kier alpha value is -3.25. The van der Waals surface area contributed by atoms with Crippen LogP contribution in [0, 0.1) is 11.3 Å². The lowest BCUT2D eigenvalue weighted by molar-refractivity contribution is -0.137. The van der Waals surface area contributed by atoms with E-state index in [0.717, 1.165) is 25.2 Å². The van der Waals surface area contributed by atoms with Gasteiger partial charge in [-0.15, -0.1) is 0 Å². The minimum absolute atomic E-state index is 0.385. The summed E-state index contributed by atoms with van der Waals surface area (Å²) in [4.78, 5) is 13.6. The molecule has 0 saturated carbocycles. The summed E-state index contributed by atoms with van der Waals surface area (Å²) in [5.41, 5.74) is -0.254. The molecule has 2 saturated heterocycles. The third kappa shape index (κ3) is 5.57. The fourth-order valence-corrected chi connectivity index (χ4v) is 4.25. The number of benzene rings is 2. The minimum Gasteiger partial charge on any atom is -0.486 e. The second kappa shape index (κ2) is 9.32. The van der Waals surface area contributed by atoms with Crippen molar-refractivity contribution in [3.05, 3.63) is 65.2 Å². The molecule has 1 atom stereocenters. The molecule has 4 rings (SSSR count). The van der Waals surface area contributed by atoms with Crippen molar-refractivity contribution < 1.29 is 27.4 Å². The van der Waals surface area contributed by atoms with E-state index >= 15 is 0 Å². The Bertz CT molecular complexity index is 1030. The SMILES string of the molecule is N#Cc1ccc(OC(CCN2CCC3(CC2)CNC(=O)O3)c2cccc(C(F)(F)F)c2)cc1. The third-order valence-electron chi connectivity index (χ3n) is 6.19. The van der Waals surface area contributed by atoms with Crippen molar-refractivity contribution in [1.29, 1.82) is 5.26 Å². The van der Waals surface area contributed by atoms with Gasteiger partial charge in [-0.3, -0.25) is 0 Å². The Balaban J connectivity index is 1.46. The highest BCUT2D eigenvalue weighted by atomic mass is 19.4. The van der Waals surface area contributed by atoms with E-state index < -0.39 is 23.4 Å². The van der Waals surface area contributed by atoms with Crippen molar-refractivity contribution in [3.63, 3.8) is 0 Å². The van der Waals surface area contributed by atoms with Gasteiger partial charge >= 0.3 is 12.3 Å². The molecule has 9 heteroatoms. The number of likely N-dealkylation sites (tertiary alicyclic amines) is 1. The second-order valence-electron chi connectivity index (χ2n) is 8.42. The van der Waals surface area contributed by atoms with Crippen molar-refractivity contribution in [3.8, 4) is 11.8 Å². The quantitative estimate of drug-likeness (QED) is 0.680. The predicted octanol–water partition coefficient (Wildman–Crippen LogP) is 4.66. The molecule has 33 heavy (non-hydrogen) atoms. The number of rotatable bonds is 6. The van der Waals surface area contributed by atoms with Crippen LogP contribution >= 0.6 is 0 Å². The van der Waals surface area contributed by atoms with Gasteiger partial charge in [-0.1, -0.05) is 12.1 Å². The van der Waals surface area contributed by atoms with Gasteiger partial charge in [-0.25, -0.2) is 4.79 Å². The molecule has 0 bridgehead atoms. The number of ether oxygens (including phenoxy) is 2. The minimum atomic E-state index is -4.44. The van der Waals surface area contributed by atoms with E-state index in [4.69, 9.17) is 14.7 Å². The van der Waals surface area contributed by atoms with Crippen LogP contribution in [-0.4, -0.2) is 42.8 Å². The first-order chi connectivity index (χ1) is 15.8. The number of alkyl halides is 3. The summed E-state index contributed by atoms with van der Waals surface area (Å²) >= 11 is 0. The van der Waals surface area contributed by atoms with Crippen LogP contribution in [0.2, 0.25) is 0 Å². The molecule has 1 N–H and O–H groups in total. The number of amides is 1. The number of nitriles is 1. The van der Waals surface area contributed by atoms with Crippen LogP contribution in [0.3, 0.4) is 0 Å². The van der Waals surface area contributed by atoms with Gasteiger partial charge in [0.25, 0.3) is 0 Å². The molecule has 1 unspecified atom stereocenters. The number of hydrogen-bond donors (Lipinski definition) is 1. The zero-order chi connectivity index (χ0) is 23.5. The fourth-order valence-electron chi connectivity index (χ4n) is 4.25. The van der Waals surface area contributed by atoms with Crippen LogP contribution in [0.5, 0.6) is 5.75 Å². The lowest BCUT2D eigenvalue weighted by atomic mass is 9.91. The summed E-state index contributed by atoms with van der Waals surface area (Å²) in [5, 5.41) is 11.7. The smallest absolute Gasteiger partial charge is 0.416 e. The second-order valence-corrected chi connectivity index (χ2v) is 8.42. The van der Waals surface area contributed by atoms with E-state index in [1.165, 1.54) is 6.07 Å². The average Bonchev–Trinajstić information content (AvgIpc) is 3.17. The van der Waals surface area contributed by atoms with Crippen LogP contribution in [0.15, 0.2) is 48.5 Å². The number of halogens is 3. The molecule has 2 heterocycles. The third-order valence-corrected chi connectivity index (χ3v) is 6.19. The molecule has 0 radical (unpaired) electrons. The van der Waals surface area contributed by atoms with Crippen LogP contribution in [0.1, 0.15) is 42.1 Å². The number of piperidine rings is 1. The summed E-state index contributed by atoms with van der Waals surface area (Å²) in [6.07, 6.45) is -3.53. The van der Waals surface area contributed by atoms with E-state index in [1.54, 1.807) is 30.3 Å². The zero-order valence-electron chi connectivity index (χ0n) is 17.9. The van der Waals surface area contributed by atoms with E-state index in [0.29, 0.717) is 49.2 Å². The molecule has 2 fully saturated rings. The number of carbonyl (C=O) groups excluding carboxylic acids is 1. The molecule has 1 amide bonds. The van der Waals surface area contributed by atoms with Crippen molar-refractivity contribution in [1.82, 2.24) is 10.2 Å². The Morgan fingerprint density at radius 2 is 1.91 bits per heavy atom. The zero-order valence-corrected chi connectivity index (χ0v) is 17.9. The van der Waals surface area contributed by atoms with Crippen molar-refractivity contribution in [2.45, 2.75) is 37.1 Å². The molecular formula is C24H24F3N3O3. The summed E-state index contributed by atoms with van der Waals surface area (Å²) in [5.74, 6) is 0.484. The van der Waals surface area contributed by atoms with Gasteiger partial charge in [-0.2, -0.15) is 18.4 Å². The van der Waals surface area contributed by atoms with E-state index in [9.17, 15) is 18.0 Å². The maximum atomic E-state index is 13.3. The largest absolute Gasteiger partial charge is 0.486 e. The van der Waals surface area contributed by atoms with Crippen molar-refractivity contribution in [2.24, 2.45) is 0 Å². The summed E-state index contributed by atoms with van der Waals surface area (Å²) < 4.78 is 51.3. The normalized spacial score (nSPS) is 18.9. The first-order valence-electron chi connectivity index (χ1n) is 10.8. The molecule has 2 aromatic rings. The predicted molar refractivity (Wildman–Crippen MR) is 113 cm³/mol. The highest BCUT2D eigenvalue weighted by molar-refractivity contribution is 5.70.